The number of benzene rings is 2. The molecule has 0 spiro atoms. The third kappa shape index (κ3) is 5.21. The van der Waals surface area contributed by atoms with Gasteiger partial charge in [0.25, 0.3) is 12.3 Å². The SMILES string of the molecule is CN(C1CC1)S(=O)(=O)c1cccc(NC(=O)c2cnn3c(C(F)F)cc(-c4ccc(C(F)(F)F)cc4)nc23)c1. The van der Waals surface area contributed by atoms with Gasteiger partial charge in [-0.2, -0.15) is 22.6 Å². The molecule has 0 saturated heterocycles. The number of fused-ring (bicyclic) bond motifs is 1. The summed E-state index contributed by atoms with van der Waals surface area (Å²) in [4.78, 5) is 17.3. The average Bonchev–Trinajstić information content (AvgIpc) is 3.65. The van der Waals surface area contributed by atoms with Gasteiger partial charge in [-0.15, -0.1) is 0 Å². The quantitative estimate of drug-likeness (QED) is 0.303. The minimum absolute atomic E-state index is 0.0303. The molecule has 2 heterocycles. The Bertz CT molecular complexity index is 1670. The molecule has 0 aliphatic heterocycles. The normalized spacial score (nSPS) is 14.4. The van der Waals surface area contributed by atoms with Crippen LogP contribution in [0.4, 0.5) is 27.6 Å². The molecule has 0 atom stereocenters. The second-order valence-corrected chi connectivity index (χ2v) is 11.0. The van der Waals surface area contributed by atoms with Crippen LogP contribution in [0.15, 0.2) is 65.7 Å². The number of nitrogens with one attached hydrogen (secondary N) is 1. The largest absolute Gasteiger partial charge is 0.416 e. The van der Waals surface area contributed by atoms with E-state index in [1.165, 1.54) is 35.6 Å². The van der Waals surface area contributed by atoms with Gasteiger partial charge in [0, 0.05) is 24.3 Å². The zero-order valence-corrected chi connectivity index (χ0v) is 21.0. The van der Waals surface area contributed by atoms with E-state index in [9.17, 15) is 35.2 Å². The van der Waals surface area contributed by atoms with Crippen molar-refractivity contribution in [2.45, 2.75) is 36.4 Å². The number of nitrogens with zero attached hydrogens (tertiary/aromatic N) is 4. The van der Waals surface area contributed by atoms with Crippen LogP contribution in [0.3, 0.4) is 0 Å². The minimum Gasteiger partial charge on any atom is -0.322 e. The number of hydrogen-bond donors (Lipinski definition) is 1. The van der Waals surface area contributed by atoms with Crippen molar-refractivity contribution in [1.82, 2.24) is 18.9 Å². The predicted octanol–water partition coefficient (Wildman–Crippen LogP) is 5.39. The number of anilines is 1. The maximum atomic E-state index is 13.9. The summed E-state index contributed by atoms with van der Waals surface area (Å²) in [5.74, 6) is -0.799. The Morgan fingerprint density at radius 1 is 1.10 bits per heavy atom. The molecule has 1 fully saturated rings. The first kappa shape index (κ1) is 26.7. The van der Waals surface area contributed by atoms with Gasteiger partial charge < -0.3 is 5.32 Å². The van der Waals surface area contributed by atoms with Crippen molar-refractivity contribution in [3.05, 3.63) is 77.6 Å². The van der Waals surface area contributed by atoms with Gasteiger partial charge in [0.2, 0.25) is 10.0 Å². The molecule has 1 saturated carbocycles. The van der Waals surface area contributed by atoms with Crippen LogP contribution in [0.5, 0.6) is 0 Å². The van der Waals surface area contributed by atoms with Gasteiger partial charge in [-0.3, -0.25) is 4.79 Å². The molecule has 1 aliphatic carbocycles. The van der Waals surface area contributed by atoms with E-state index in [1.807, 2.05) is 0 Å². The highest BCUT2D eigenvalue weighted by Gasteiger charge is 2.35. The highest BCUT2D eigenvalue weighted by atomic mass is 32.2. The number of halogens is 5. The zero-order valence-electron chi connectivity index (χ0n) is 20.2. The Balaban J connectivity index is 1.49. The van der Waals surface area contributed by atoms with Gasteiger partial charge >= 0.3 is 6.18 Å². The second-order valence-electron chi connectivity index (χ2n) is 8.97. The van der Waals surface area contributed by atoms with Crippen molar-refractivity contribution in [3.63, 3.8) is 0 Å². The molecule has 39 heavy (non-hydrogen) atoms. The Labute approximate surface area is 219 Å². The van der Waals surface area contributed by atoms with Gasteiger partial charge in [-0.1, -0.05) is 18.2 Å². The van der Waals surface area contributed by atoms with Gasteiger partial charge in [0.1, 0.15) is 11.3 Å². The molecule has 0 radical (unpaired) electrons. The van der Waals surface area contributed by atoms with Gasteiger partial charge in [-0.05, 0) is 49.2 Å². The summed E-state index contributed by atoms with van der Waals surface area (Å²) in [6.45, 7) is 0. The van der Waals surface area contributed by atoms with Crippen LogP contribution in [0, 0.1) is 0 Å². The second kappa shape index (κ2) is 9.68. The van der Waals surface area contributed by atoms with E-state index in [4.69, 9.17) is 0 Å². The molecule has 0 unspecified atom stereocenters. The fourth-order valence-corrected chi connectivity index (χ4v) is 5.48. The molecule has 1 N–H and O–H groups in total. The first-order valence-corrected chi connectivity index (χ1v) is 13.0. The number of carbonyl (C=O) groups is 1. The third-order valence-electron chi connectivity index (χ3n) is 6.31. The molecular formula is C25H20F5N5O3S. The first-order chi connectivity index (χ1) is 18.4. The topological polar surface area (TPSA) is 96.7 Å². The average molecular weight is 566 g/mol. The summed E-state index contributed by atoms with van der Waals surface area (Å²) in [7, 11) is -2.30. The number of sulfonamides is 1. The van der Waals surface area contributed by atoms with Crippen LogP contribution < -0.4 is 5.32 Å². The Morgan fingerprint density at radius 3 is 2.41 bits per heavy atom. The lowest BCUT2D eigenvalue weighted by Gasteiger charge is -2.17. The van der Waals surface area contributed by atoms with Crippen LogP contribution in [-0.4, -0.2) is 46.3 Å². The number of rotatable bonds is 7. The summed E-state index contributed by atoms with van der Waals surface area (Å²) in [6, 6.07) is 10.3. The first-order valence-electron chi connectivity index (χ1n) is 11.6. The minimum atomic E-state index is -4.58. The van der Waals surface area contributed by atoms with E-state index < -0.39 is 39.8 Å². The van der Waals surface area contributed by atoms with Crippen LogP contribution in [-0.2, 0) is 16.2 Å². The summed E-state index contributed by atoms with van der Waals surface area (Å²) >= 11 is 0. The van der Waals surface area contributed by atoms with Crippen LogP contribution in [0.1, 0.15) is 40.9 Å². The highest BCUT2D eigenvalue weighted by molar-refractivity contribution is 7.89. The number of aromatic nitrogens is 3. The third-order valence-corrected chi connectivity index (χ3v) is 8.21. The number of hydrogen-bond acceptors (Lipinski definition) is 5. The Kier molecular flexibility index (Phi) is 6.63. The molecule has 1 amide bonds. The van der Waals surface area contributed by atoms with Gasteiger partial charge in [-0.25, -0.2) is 26.7 Å². The maximum Gasteiger partial charge on any atom is 0.416 e. The summed E-state index contributed by atoms with van der Waals surface area (Å²) in [6.07, 6.45) is -5.05. The van der Waals surface area contributed by atoms with E-state index in [0.717, 1.165) is 53.9 Å². The number of carbonyl (C=O) groups excluding carboxylic acids is 1. The molecule has 2 aromatic carbocycles. The van der Waals surface area contributed by atoms with Crippen molar-refractivity contribution in [1.29, 1.82) is 0 Å². The van der Waals surface area contributed by atoms with Gasteiger partial charge in [0.15, 0.2) is 5.65 Å². The molecule has 4 aromatic rings. The molecule has 1 aliphatic rings. The summed E-state index contributed by atoms with van der Waals surface area (Å²) in [5.41, 5.74) is -1.82. The summed E-state index contributed by atoms with van der Waals surface area (Å²) in [5, 5.41) is 6.39. The zero-order chi connectivity index (χ0) is 28.1. The summed E-state index contributed by atoms with van der Waals surface area (Å²) < 4.78 is 94.3. The van der Waals surface area contributed by atoms with E-state index in [-0.39, 0.29) is 39.1 Å². The number of amides is 1. The molecule has 0 bridgehead atoms. The lowest BCUT2D eigenvalue weighted by atomic mass is 10.1. The molecule has 204 valence electrons. The van der Waals surface area contributed by atoms with Crippen molar-refractivity contribution >= 4 is 27.3 Å². The van der Waals surface area contributed by atoms with Crippen LogP contribution >= 0.6 is 0 Å². The Hall–Kier alpha value is -3.91. The molecule has 8 nitrogen and oxygen atoms in total. The van der Waals surface area contributed by atoms with Crippen LogP contribution in [0.25, 0.3) is 16.9 Å². The predicted molar refractivity (Wildman–Crippen MR) is 131 cm³/mol. The van der Waals surface area contributed by atoms with Crippen molar-refractivity contribution < 1.29 is 35.2 Å². The van der Waals surface area contributed by atoms with E-state index >= 15 is 0 Å². The fourth-order valence-electron chi connectivity index (χ4n) is 4.01. The van der Waals surface area contributed by atoms with Gasteiger partial charge in [0.05, 0.1) is 22.3 Å². The standard InChI is InChI=1S/C25H20F5N5O3S/c1-34(17-9-10-17)39(37,38)18-4-2-3-16(11-18)32-24(36)19-13-31-35-21(22(26)27)12-20(33-23(19)35)14-5-7-15(8-6-14)25(28,29)30/h2-8,11-13,17,22H,9-10H2,1H3,(H,32,36). The van der Waals surface area contributed by atoms with E-state index in [2.05, 4.69) is 15.4 Å². The van der Waals surface area contributed by atoms with Crippen LogP contribution in [0.2, 0.25) is 0 Å². The van der Waals surface area contributed by atoms with Crippen molar-refractivity contribution in [2.75, 3.05) is 12.4 Å². The van der Waals surface area contributed by atoms with Crippen molar-refractivity contribution in [3.8, 4) is 11.3 Å². The monoisotopic (exact) mass is 565 g/mol. The highest BCUT2D eigenvalue weighted by Crippen LogP contribution is 2.33. The fraction of sp³-hybridized carbons (Fsp3) is 0.240. The molecule has 14 heteroatoms. The lowest BCUT2D eigenvalue weighted by molar-refractivity contribution is -0.137. The van der Waals surface area contributed by atoms with E-state index in [1.54, 1.807) is 0 Å². The molecule has 5 rings (SSSR count). The maximum absolute atomic E-state index is 13.9. The molecular weight excluding hydrogens is 545 g/mol. The Morgan fingerprint density at radius 2 is 1.79 bits per heavy atom. The van der Waals surface area contributed by atoms with Crippen molar-refractivity contribution in [2.24, 2.45) is 0 Å². The molecule has 2 aromatic heterocycles. The van der Waals surface area contributed by atoms with E-state index in [0.29, 0.717) is 0 Å². The number of alkyl halides is 5. The lowest BCUT2D eigenvalue weighted by Crippen LogP contribution is -2.29. The smallest absolute Gasteiger partial charge is 0.322 e.